The van der Waals surface area contributed by atoms with Crippen molar-refractivity contribution in [1.29, 1.82) is 0 Å². The predicted octanol–water partition coefficient (Wildman–Crippen LogP) is 0.791. The zero-order valence-electron chi connectivity index (χ0n) is 9.50. The van der Waals surface area contributed by atoms with E-state index in [2.05, 4.69) is 10.6 Å². The summed E-state index contributed by atoms with van der Waals surface area (Å²) in [6.45, 7) is 0.582. The van der Waals surface area contributed by atoms with Gasteiger partial charge in [-0.25, -0.2) is 4.39 Å². The molecule has 1 aromatic carbocycles. The van der Waals surface area contributed by atoms with Crippen molar-refractivity contribution in [2.75, 3.05) is 20.3 Å². The summed E-state index contributed by atoms with van der Waals surface area (Å²) in [7, 11) is 1.49. The molecule has 0 spiro atoms. The predicted molar refractivity (Wildman–Crippen MR) is 67.5 cm³/mol. The second kappa shape index (κ2) is 7.03. The lowest BCUT2D eigenvalue weighted by Crippen LogP contribution is -2.36. The molecule has 0 unspecified atom stereocenters. The normalized spacial score (nSPS) is 9.82. The molecule has 94 valence electrons. The molecule has 4 nitrogen and oxygen atoms in total. The highest BCUT2D eigenvalue weighted by atomic mass is 32.1. The number of rotatable bonds is 5. The second-order valence-corrected chi connectivity index (χ2v) is 3.66. The maximum absolute atomic E-state index is 13.5. The lowest BCUT2D eigenvalue weighted by atomic mass is 10.2. The van der Waals surface area contributed by atoms with E-state index < -0.39 is 0 Å². The Balaban J connectivity index is 2.59. The number of aliphatic hydroxyl groups is 1. The van der Waals surface area contributed by atoms with Crippen LogP contribution >= 0.6 is 12.2 Å². The highest BCUT2D eigenvalue weighted by molar-refractivity contribution is 7.80. The van der Waals surface area contributed by atoms with Crippen LogP contribution < -0.4 is 15.4 Å². The Kier molecular flexibility index (Phi) is 5.65. The van der Waals surface area contributed by atoms with Gasteiger partial charge in [0.25, 0.3) is 0 Å². The molecule has 3 N–H and O–H groups in total. The van der Waals surface area contributed by atoms with E-state index in [-0.39, 0.29) is 19.0 Å². The standard InChI is InChI=1S/C11H15FN2O2S/c1-16-10-4-2-3-9(12)8(10)7-14-11(17)13-5-6-15/h2-4,15H,5-7H2,1H3,(H2,13,14,17). The van der Waals surface area contributed by atoms with Crippen molar-refractivity contribution < 1.29 is 14.2 Å². The molecule has 1 aromatic rings. The monoisotopic (exact) mass is 258 g/mol. The number of thiocarbonyl (C=S) groups is 1. The molecule has 0 amide bonds. The lowest BCUT2D eigenvalue weighted by Gasteiger charge is -2.12. The summed E-state index contributed by atoms with van der Waals surface area (Å²) in [5, 5.41) is 14.6. The van der Waals surface area contributed by atoms with Gasteiger partial charge < -0.3 is 20.5 Å². The van der Waals surface area contributed by atoms with Gasteiger partial charge in [-0.3, -0.25) is 0 Å². The van der Waals surface area contributed by atoms with Crippen LogP contribution in [0.15, 0.2) is 18.2 Å². The Morgan fingerprint density at radius 3 is 2.88 bits per heavy atom. The fourth-order valence-corrected chi connectivity index (χ4v) is 1.48. The van der Waals surface area contributed by atoms with E-state index in [1.807, 2.05) is 0 Å². The van der Waals surface area contributed by atoms with Crippen LogP contribution in [0.5, 0.6) is 5.75 Å². The van der Waals surface area contributed by atoms with Crippen LogP contribution in [0, 0.1) is 5.82 Å². The van der Waals surface area contributed by atoms with Crippen LogP contribution in [-0.2, 0) is 6.54 Å². The van der Waals surface area contributed by atoms with Gasteiger partial charge in [0.2, 0.25) is 0 Å². The summed E-state index contributed by atoms with van der Waals surface area (Å²) in [6, 6.07) is 4.63. The van der Waals surface area contributed by atoms with Gasteiger partial charge in [0.05, 0.1) is 13.7 Å². The fraction of sp³-hybridized carbons (Fsp3) is 0.364. The first kappa shape index (κ1) is 13.7. The van der Waals surface area contributed by atoms with E-state index in [0.29, 0.717) is 23.0 Å². The number of hydrogen-bond acceptors (Lipinski definition) is 3. The molecule has 0 saturated carbocycles. The van der Waals surface area contributed by atoms with Gasteiger partial charge in [0, 0.05) is 18.7 Å². The van der Waals surface area contributed by atoms with Gasteiger partial charge in [-0.15, -0.1) is 0 Å². The quantitative estimate of drug-likeness (QED) is 0.682. The van der Waals surface area contributed by atoms with Crippen molar-refractivity contribution >= 4 is 17.3 Å². The van der Waals surface area contributed by atoms with Gasteiger partial charge in [-0.2, -0.15) is 0 Å². The van der Waals surface area contributed by atoms with Gasteiger partial charge in [0.15, 0.2) is 5.11 Å². The molecule has 17 heavy (non-hydrogen) atoms. The van der Waals surface area contributed by atoms with Gasteiger partial charge >= 0.3 is 0 Å². The minimum Gasteiger partial charge on any atom is -0.496 e. The molecule has 0 saturated heterocycles. The molecule has 0 aliphatic carbocycles. The lowest BCUT2D eigenvalue weighted by molar-refractivity contribution is 0.300. The molecule has 1 rings (SSSR count). The third kappa shape index (κ3) is 4.16. The number of aliphatic hydroxyl groups excluding tert-OH is 1. The number of benzene rings is 1. The van der Waals surface area contributed by atoms with Crippen LogP contribution in [0.2, 0.25) is 0 Å². The Labute approximate surface area is 105 Å². The van der Waals surface area contributed by atoms with Crippen LogP contribution in [0.4, 0.5) is 4.39 Å². The highest BCUT2D eigenvalue weighted by Gasteiger charge is 2.08. The molecular formula is C11H15FN2O2S. The van der Waals surface area contributed by atoms with Crippen molar-refractivity contribution in [2.45, 2.75) is 6.54 Å². The third-order valence-corrected chi connectivity index (χ3v) is 2.41. The molecule has 0 aromatic heterocycles. The average Bonchev–Trinajstić information content (AvgIpc) is 2.34. The van der Waals surface area contributed by atoms with E-state index in [1.54, 1.807) is 12.1 Å². The maximum Gasteiger partial charge on any atom is 0.166 e. The molecule has 0 heterocycles. The molecule has 6 heteroatoms. The van der Waals surface area contributed by atoms with Gasteiger partial charge in [0.1, 0.15) is 11.6 Å². The number of methoxy groups -OCH3 is 1. The Morgan fingerprint density at radius 1 is 1.47 bits per heavy atom. The molecular weight excluding hydrogens is 243 g/mol. The van der Waals surface area contributed by atoms with E-state index in [1.165, 1.54) is 13.2 Å². The minimum absolute atomic E-state index is 0.00909. The number of hydrogen-bond donors (Lipinski definition) is 3. The van der Waals surface area contributed by atoms with Crippen LogP contribution in [0.25, 0.3) is 0 Å². The fourth-order valence-electron chi connectivity index (χ4n) is 1.30. The van der Waals surface area contributed by atoms with Gasteiger partial charge in [-0.05, 0) is 24.4 Å². The van der Waals surface area contributed by atoms with Crippen molar-refractivity contribution in [3.05, 3.63) is 29.6 Å². The SMILES string of the molecule is COc1cccc(F)c1CNC(=S)NCCO. The molecule has 0 aliphatic rings. The Hall–Kier alpha value is -1.40. The largest absolute Gasteiger partial charge is 0.496 e. The molecule has 0 fully saturated rings. The average molecular weight is 258 g/mol. The van der Waals surface area contributed by atoms with E-state index in [0.717, 1.165) is 0 Å². The highest BCUT2D eigenvalue weighted by Crippen LogP contribution is 2.20. The van der Waals surface area contributed by atoms with E-state index in [4.69, 9.17) is 22.1 Å². The first-order valence-electron chi connectivity index (χ1n) is 5.13. The second-order valence-electron chi connectivity index (χ2n) is 3.25. The molecule has 0 aliphatic heterocycles. The summed E-state index contributed by atoms with van der Waals surface area (Å²) in [5.74, 6) is 0.129. The first-order chi connectivity index (χ1) is 8.19. The summed E-state index contributed by atoms with van der Waals surface area (Å²) < 4.78 is 18.6. The number of ether oxygens (including phenoxy) is 1. The zero-order chi connectivity index (χ0) is 12.7. The van der Waals surface area contributed by atoms with Crippen molar-refractivity contribution in [1.82, 2.24) is 10.6 Å². The van der Waals surface area contributed by atoms with Crippen LogP contribution in [-0.4, -0.2) is 30.5 Å². The first-order valence-corrected chi connectivity index (χ1v) is 5.53. The van der Waals surface area contributed by atoms with Crippen molar-refractivity contribution in [2.24, 2.45) is 0 Å². The third-order valence-electron chi connectivity index (χ3n) is 2.12. The van der Waals surface area contributed by atoms with Crippen molar-refractivity contribution in [3.8, 4) is 5.75 Å². The van der Waals surface area contributed by atoms with Crippen LogP contribution in [0.3, 0.4) is 0 Å². The molecule has 0 atom stereocenters. The molecule has 0 radical (unpaired) electrons. The van der Waals surface area contributed by atoms with E-state index >= 15 is 0 Å². The summed E-state index contributed by atoms with van der Waals surface area (Å²) in [4.78, 5) is 0. The summed E-state index contributed by atoms with van der Waals surface area (Å²) >= 11 is 4.94. The zero-order valence-corrected chi connectivity index (χ0v) is 10.3. The number of nitrogens with one attached hydrogen (secondary N) is 2. The Bertz CT molecular complexity index is 388. The topological polar surface area (TPSA) is 53.5 Å². The van der Waals surface area contributed by atoms with Crippen molar-refractivity contribution in [3.63, 3.8) is 0 Å². The minimum atomic E-state index is -0.346. The van der Waals surface area contributed by atoms with Gasteiger partial charge in [-0.1, -0.05) is 6.07 Å². The Morgan fingerprint density at radius 2 is 2.24 bits per heavy atom. The molecule has 0 bridgehead atoms. The maximum atomic E-state index is 13.5. The summed E-state index contributed by atoms with van der Waals surface area (Å²) in [5.41, 5.74) is 0.420. The number of halogens is 1. The van der Waals surface area contributed by atoms with Crippen LogP contribution in [0.1, 0.15) is 5.56 Å². The smallest absolute Gasteiger partial charge is 0.166 e. The van der Waals surface area contributed by atoms with E-state index in [9.17, 15) is 4.39 Å². The summed E-state index contributed by atoms with van der Waals surface area (Å²) in [6.07, 6.45) is 0.